The summed E-state index contributed by atoms with van der Waals surface area (Å²) in [6.07, 6.45) is 0. The Labute approximate surface area is 197 Å². The summed E-state index contributed by atoms with van der Waals surface area (Å²) in [7, 11) is 1.43. The van der Waals surface area contributed by atoms with Crippen LogP contribution in [0.3, 0.4) is 0 Å². The van der Waals surface area contributed by atoms with E-state index in [2.05, 4.69) is 10.6 Å². The summed E-state index contributed by atoms with van der Waals surface area (Å²) in [4.78, 5) is 36.4. The molecule has 0 unspecified atom stereocenters. The van der Waals surface area contributed by atoms with Gasteiger partial charge in [-0.15, -0.1) is 0 Å². The van der Waals surface area contributed by atoms with Gasteiger partial charge in [-0.05, 0) is 43.7 Å². The van der Waals surface area contributed by atoms with Crippen molar-refractivity contribution in [1.29, 1.82) is 0 Å². The molecule has 0 aliphatic rings. The fourth-order valence-electron chi connectivity index (χ4n) is 3.16. The van der Waals surface area contributed by atoms with Gasteiger partial charge in [0.05, 0.1) is 5.69 Å². The number of rotatable bonds is 6. The molecule has 0 bridgehead atoms. The number of nitrogens with one attached hydrogen (secondary N) is 2. The minimum absolute atomic E-state index is 0.0154. The second-order valence-electron chi connectivity index (χ2n) is 7.31. The Kier molecular flexibility index (Phi) is 8.55. The smallest absolute Gasteiger partial charge is 0.256 e. The molecule has 8 nitrogen and oxygen atoms in total. The second kappa shape index (κ2) is 11.1. The molecule has 0 fully saturated rings. The topological polar surface area (TPSA) is 115 Å². The number of hydrogen-bond acceptors (Lipinski definition) is 5. The van der Waals surface area contributed by atoms with E-state index in [0.29, 0.717) is 22.6 Å². The first-order chi connectivity index (χ1) is 16.1. The van der Waals surface area contributed by atoms with Gasteiger partial charge in [0.25, 0.3) is 11.5 Å². The number of halogens is 1. The number of aromatic nitrogens is 1. The molecule has 0 saturated heterocycles. The normalized spacial score (nSPS) is 10.1. The quantitative estimate of drug-likeness (QED) is 0.482. The minimum Gasteiger partial charge on any atom is -0.456 e. The van der Waals surface area contributed by atoms with Gasteiger partial charge in [-0.3, -0.25) is 19.0 Å². The zero-order valence-corrected chi connectivity index (χ0v) is 20.1. The lowest BCUT2D eigenvalue weighted by Crippen LogP contribution is -2.25. The number of pyridine rings is 1. The molecule has 1 aromatic heterocycles. The molecule has 180 valence electrons. The van der Waals surface area contributed by atoms with E-state index in [1.165, 1.54) is 26.1 Å². The number of carbonyl (C=O) groups excluding carboxylic acids is 2. The standard InChI is InChI=1S/C23H23FN4O4.C2H6/c1-12-8-9-17(15(24)10-12)27-23-21(22(25)31)19(11-20(30)28(23)4)32-18-7-5-6-16(13(18)2)26-14(3)29;1-2/h5-11,27H,1-4H3,(H2,25,31)(H,26,29);1-2H3. The Morgan fingerprint density at radius 1 is 1.03 bits per heavy atom. The van der Waals surface area contributed by atoms with Crippen molar-refractivity contribution in [1.82, 2.24) is 4.57 Å². The molecule has 0 saturated carbocycles. The van der Waals surface area contributed by atoms with Gasteiger partial charge in [-0.2, -0.15) is 0 Å². The highest BCUT2D eigenvalue weighted by Gasteiger charge is 2.22. The number of carbonyl (C=O) groups is 2. The van der Waals surface area contributed by atoms with Crippen LogP contribution in [0, 0.1) is 19.7 Å². The zero-order valence-electron chi connectivity index (χ0n) is 20.1. The number of ether oxygens (including phenoxy) is 1. The molecule has 0 radical (unpaired) electrons. The molecule has 4 N–H and O–H groups in total. The van der Waals surface area contributed by atoms with E-state index < -0.39 is 17.3 Å². The first-order valence-electron chi connectivity index (χ1n) is 10.7. The second-order valence-corrected chi connectivity index (χ2v) is 7.31. The SMILES string of the molecule is CC.CC(=O)Nc1cccc(Oc2cc(=O)n(C)c(Nc3ccc(C)cc3F)c2C(N)=O)c1C. The van der Waals surface area contributed by atoms with Crippen molar-refractivity contribution in [3.63, 3.8) is 0 Å². The maximum Gasteiger partial charge on any atom is 0.256 e. The van der Waals surface area contributed by atoms with Crippen molar-refractivity contribution >= 4 is 29.0 Å². The van der Waals surface area contributed by atoms with Crippen LogP contribution < -0.4 is 26.7 Å². The molecule has 0 aliphatic heterocycles. The van der Waals surface area contributed by atoms with Gasteiger partial charge >= 0.3 is 0 Å². The summed E-state index contributed by atoms with van der Waals surface area (Å²) in [6.45, 7) is 8.83. The molecule has 0 spiro atoms. The highest BCUT2D eigenvalue weighted by molar-refractivity contribution is 6.01. The van der Waals surface area contributed by atoms with Gasteiger partial charge in [-0.1, -0.05) is 26.0 Å². The first kappa shape index (κ1) is 26.1. The third-order valence-corrected chi connectivity index (χ3v) is 4.84. The molecule has 1 heterocycles. The molecule has 3 aromatic rings. The van der Waals surface area contributed by atoms with E-state index in [9.17, 15) is 18.8 Å². The molecule has 0 aliphatic carbocycles. The maximum absolute atomic E-state index is 14.4. The van der Waals surface area contributed by atoms with Crippen LogP contribution in [-0.4, -0.2) is 16.4 Å². The number of anilines is 3. The van der Waals surface area contributed by atoms with Crippen LogP contribution in [0.5, 0.6) is 11.5 Å². The Hall–Kier alpha value is -4.14. The van der Waals surface area contributed by atoms with Gasteiger partial charge in [0.15, 0.2) is 0 Å². The number of nitrogens with zero attached hydrogens (tertiary/aromatic N) is 1. The van der Waals surface area contributed by atoms with E-state index >= 15 is 0 Å². The van der Waals surface area contributed by atoms with Crippen molar-refractivity contribution in [2.24, 2.45) is 12.8 Å². The highest BCUT2D eigenvalue weighted by Crippen LogP contribution is 2.34. The van der Waals surface area contributed by atoms with Crippen molar-refractivity contribution in [3.05, 3.63) is 75.3 Å². The van der Waals surface area contributed by atoms with Crippen LogP contribution in [0.15, 0.2) is 47.3 Å². The summed E-state index contributed by atoms with van der Waals surface area (Å²) in [5, 5.41) is 5.47. The van der Waals surface area contributed by atoms with Gasteiger partial charge in [0.1, 0.15) is 28.7 Å². The Morgan fingerprint density at radius 3 is 2.29 bits per heavy atom. The molecule has 3 rings (SSSR count). The summed E-state index contributed by atoms with van der Waals surface area (Å²) >= 11 is 0. The van der Waals surface area contributed by atoms with E-state index in [-0.39, 0.29) is 28.7 Å². The maximum atomic E-state index is 14.4. The third-order valence-electron chi connectivity index (χ3n) is 4.84. The fraction of sp³-hybridized carbons (Fsp3) is 0.240. The number of aryl methyl sites for hydroxylation is 1. The number of benzene rings is 2. The van der Waals surface area contributed by atoms with Gasteiger partial charge in [-0.25, -0.2) is 4.39 Å². The van der Waals surface area contributed by atoms with E-state index in [4.69, 9.17) is 10.5 Å². The first-order valence-corrected chi connectivity index (χ1v) is 10.7. The van der Waals surface area contributed by atoms with Crippen LogP contribution in [-0.2, 0) is 11.8 Å². The van der Waals surface area contributed by atoms with Crippen molar-refractivity contribution in [2.75, 3.05) is 10.6 Å². The van der Waals surface area contributed by atoms with Crippen molar-refractivity contribution < 1.29 is 18.7 Å². The number of amides is 2. The van der Waals surface area contributed by atoms with Gasteiger partial charge in [0.2, 0.25) is 5.91 Å². The van der Waals surface area contributed by atoms with Crippen LogP contribution in [0.4, 0.5) is 21.6 Å². The summed E-state index contributed by atoms with van der Waals surface area (Å²) < 4.78 is 21.5. The number of hydrogen-bond donors (Lipinski definition) is 3. The van der Waals surface area contributed by atoms with E-state index in [1.807, 2.05) is 13.8 Å². The van der Waals surface area contributed by atoms with Gasteiger partial charge in [0, 0.05) is 31.3 Å². The number of nitrogens with two attached hydrogens (primary N) is 1. The van der Waals surface area contributed by atoms with Crippen molar-refractivity contribution in [3.8, 4) is 11.5 Å². The number of primary amides is 1. The lowest BCUT2D eigenvalue weighted by molar-refractivity contribution is -0.114. The van der Waals surface area contributed by atoms with Crippen LogP contribution in [0.2, 0.25) is 0 Å². The molecular formula is C25H29FN4O4. The van der Waals surface area contributed by atoms with Crippen molar-refractivity contribution in [2.45, 2.75) is 34.6 Å². The fourth-order valence-corrected chi connectivity index (χ4v) is 3.16. The average Bonchev–Trinajstić information content (AvgIpc) is 2.77. The Balaban J connectivity index is 0.00000199. The molecule has 2 aromatic carbocycles. The highest BCUT2D eigenvalue weighted by atomic mass is 19.1. The van der Waals surface area contributed by atoms with Crippen LogP contribution in [0.1, 0.15) is 42.3 Å². The van der Waals surface area contributed by atoms with Crippen LogP contribution in [0.25, 0.3) is 0 Å². The predicted octanol–water partition coefficient (Wildman–Crippen LogP) is 4.76. The third kappa shape index (κ3) is 5.80. The van der Waals surface area contributed by atoms with E-state index in [1.54, 1.807) is 38.1 Å². The molecular weight excluding hydrogens is 439 g/mol. The molecule has 2 amide bonds. The molecule has 34 heavy (non-hydrogen) atoms. The largest absolute Gasteiger partial charge is 0.456 e. The Bertz CT molecular complexity index is 1280. The predicted molar refractivity (Wildman–Crippen MR) is 132 cm³/mol. The van der Waals surface area contributed by atoms with Gasteiger partial charge < -0.3 is 21.1 Å². The lowest BCUT2D eigenvalue weighted by atomic mass is 10.1. The summed E-state index contributed by atoms with van der Waals surface area (Å²) in [6, 6.07) is 10.6. The minimum atomic E-state index is -0.874. The van der Waals surface area contributed by atoms with E-state index in [0.717, 1.165) is 10.6 Å². The molecule has 0 atom stereocenters. The zero-order chi connectivity index (χ0) is 25.6. The van der Waals surface area contributed by atoms with Crippen LogP contribution >= 0.6 is 0 Å². The summed E-state index contributed by atoms with van der Waals surface area (Å²) in [5.74, 6) is -1.50. The average molecular weight is 469 g/mol. The Morgan fingerprint density at radius 2 is 1.71 bits per heavy atom. The molecule has 9 heteroatoms. The summed E-state index contributed by atoms with van der Waals surface area (Å²) in [5.41, 5.74) is 6.85. The monoisotopic (exact) mass is 468 g/mol. The lowest BCUT2D eigenvalue weighted by Gasteiger charge is -2.19.